The highest BCUT2D eigenvalue weighted by atomic mass is 35.5. The molecule has 17 heteroatoms. The first-order valence-electron chi connectivity index (χ1n) is 9.82. The minimum Gasteiger partial charge on any atom is -0.497 e. The molecule has 0 atom stereocenters. The topological polar surface area (TPSA) is 80.8 Å². The Hall–Kier alpha value is -2.17. The summed E-state index contributed by atoms with van der Waals surface area (Å²) in [6.07, 6.45) is 0. The van der Waals surface area contributed by atoms with E-state index in [9.17, 15) is 43.2 Å². The summed E-state index contributed by atoms with van der Waals surface area (Å²) >= 11 is 11.8. The van der Waals surface area contributed by atoms with Crippen molar-refractivity contribution in [2.24, 2.45) is 0 Å². The van der Waals surface area contributed by atoms with Crippen molar-refractivity contribution in [1.29, 1.82) is 0 Å². The van der Waals surface area contributed by atoms with Gasteiger partial charge in [-0.15, -0.1) is 0 Å². The molecule has 0 unspecified atom stereocenters. The fourth-order valence-electron chi connectivity index (χ4n) is 3.29. The molecule has 0 aliphatic heterocycles. The van der Waals surface area contributed by atoms with Crippen LogP contribution in [0.2, 0.25) is 10.0 Å². The molecule has 0 amide bonds. The molecule has 38 heavy (non-hydrogen) atoms. The van der Waals surface area contributed by atoms with Crippen molar-refractivity contribution < 1.29 is 47.9 Å². The average molecular weight is 642 g/mol. The van der Waals surface area contributed by atoms with E-state index in [0.29, 0.717) is 0 Å². The first-order chi connectivity index (χ1) is 17.4. The number of hydrogen-bond donors (Lipinski definition) is 0. The second-order valence-electron chi connectivity index (χ2n) is 7.23. The molecule has 208 valence electrons. The van der Waals surface area contributed by atoms with Gasteiger partial charge in [-0.2, -0.15) is 26.3 Å². The van der Waals surface area contributed by atoms with Crippen LogP contribution in [0, 0.1) is 0 Å². The van der Waals surface area contributed by atoms with Crippen molar-refractivity contribution in [2.75, 3.05) is 7.11 Å². The lowest BCUT2D eigenvalue weighted by molar-refractivity contribution is -0.0505. The van der Waals surface area contributed by atoms with E-state index in [2.05, 4.69) is 0 Å². The summed E-state index contributed by atoms with van der Waals surface area (Å²) in [4.78, 5) is -1.59. The number of rotatable bonds is 7. The molecule has 0 N–H and O–H groups in total. The zero-order chi connectivity index (χ0) is 28.7. The third-order valence-corrected chi connectivity index (χ3v) is 14.4. The van der Waals surface area contributed by atoms with Crippen molar-refractivity contribution >= 4 is 53.5 Å². The van der Waals surface area contributed by atoms with Crippen molar-refractivity contribution in [1.82, 2.24) is 3.12 Å². The zero-order valence-electron chi connectivity index (χ0n) is 18.7. The van der Waals surface area contributed by atoms with Crippen molar-refractivity contribution in [3.8, 4) is 5.75 Å². The number of methoxy groups -OCH3 is 1. The van der Waals surface area contributed by atoms with Crippen LogP contribution in [0.15, 0.2) is 87.5 Å². The lowest BCUT2D eigenvalue weighted by Gasteiger charge is -2.47. The van der Waals surface area contributed by atoms with E-state index in [0.717, 1.165) is 72.8 Å². The molecule has 3 aromatic carbocycles. The van der Waals surface area contributed by atoms with Crippen molar-refractivity contribution in [3.63, 3.8) is 0 Å². The molecular formula is C21H15Cl2F6NO5S3. The van der Waals surface area contributed by atoms with Crippen LogP contribution in [0.25, 0.3) is 0 Å². The van der Waals surface area contributed by atoms with E-state index < -0.39 is 59.1 Å². The second-order valence-corrected chi connectivity index (χ2v) is 15.3. The van der Waals surface area contributed by atoms with Gasteiger partial charge in [0.25, 0.3) is 0 Å². The number of sulfonamides is 2. The first kappa shape index (κ1) is 30.4. The molecule has 0 radical (unpaired) electrons. The molecule has 0 saturated heterocycles. The van der Waals surface area contributed by atoms with E-state index in [1.807, 2.05) is 0 Å². The molecule has 0 spiro atoms. The zero-order valence-corrected chi connectivity index (χ0v) is 22.6. The molecule has 6 nitrogen and oxygen atoms in total. The third kappa shape index (κ3) is 5.19. The summed E-state index contributed by atoms with van der Waals surface area (Å²) in [7, 11) is -17.9. The minimum absolute atomic E-state index is 0.0169. The summed E-state index contributed by atoms with van der Waals surface area (Å²) in [6, 6.07) is 12.2. The number of benzene rings is 3. The maximum Gasteiger partial charge on any atom is 0.513 e. The number of ether oxygens (including phenoxy) is 1. The summed E-state index contributed by atoms with van der Waals surface area (Å²) < 4.78 is 139. The largest absolute Gasteiger partial charge is 0.513 e. The van der Waals surface area contributed by atoms with Gasteiger partial charge in [0.15, 0.2) is 0 Å². The number of hydrogen-bond acceptors (Lipinski definition) is 5. The Labute approximate surface area is 225 Å². The Morgan fingerprint density at radius 2 is 0.895 bits per heavy atom. The van der Waals surface area contributed by atoms with Gasteiger partial charge in [0.05, 0.1) is 7.11 Å². The molecule has 0 aliphatic rings. The molecule has 3 aromatic rings. The molecule has 0 aliphatic carbocycles. The van der Waals surface area contributed by atoms with Gasteiger partial charge in [0.2, 0.25) is 0 Å². The fraction of sp³-hybridized carbons (Fsp3) is 0.143. The molecular weight excluding hydrogens is 627 g/mol. The Kier molecular flexibility index (Phi) is 8.33. The summed E-state index contributed by atoms with van der Waals surface area (Å²) in [5, 5.41) is -0.0337. The highest BCUT2D eigenvalue weighted by Crippen LogP contribution is 2.74. The maximum absolute atomic E-state index is 14.0. The molecule has 0 aromatic heterocycles. The summed E-state index contributed by atoms with van der Waals surface area (Å²) in [5.41, 5.74) is -12.9. The SMILES string of the molecule is COc1ccc(S(c2ccc(Cl)cc2)(c2ccc(Cl)cc2)N(S(=O)(=O)C(F)(F)F)S(=O)(=O)C(F)(F)F)cc1. The van der Waals surface area contributed by atoms with Gasteiger partial charge in [0.1, 0.15) is 5.75 Å². The van der Waals surface area contributed by atoms with Crippen molar-refractivity contribution in [2.45, 2.75) is 25.7 Å². The molecule has 0 fully saturated rings. The maximum atomic E-state index is 14.0. The van der Waals surface area contributed by atoms with Gasteiger partial charge < -0.3 is 4.74 Å². The smallest absolute Gasteiger partial charge is 0.497 e. The molecule has 3 rings (SSSR count). The standard InChI is InChI=1S/C21H15Cl2F6NO5S3/c1-35-16-6-12-19(13-7-16)36(17-8-2-14(22)3-9-17,18-10-4-15(23)5-11-18)30(37(31,32)20(24,25)26)38(33,34)21(27,28)29/h2-13H,1H3. The van der Waals surface area contributed by atoms with E-state index in [-0.39, 0.29) is 15.8 Å². The third-order valence-electron chi connectivity index (χ3n) is 4.91. The Morgan fingerprint density at radius 1 is 0.605 bits per heavy atom. The van der Waals surface area contributed by atoms with Crippen LogP contribution in [0.4, 0.5) is 26.3 Å². The number of nitrogens with zero attached hydrogens (tertiary/aromatic N) is 1. The van der Waals surface area contributed by atoms with Gasteiger partial charge in [0, 0.05) is 24.7 Å². The highest BCUT2D eigenvalue weighted by Gasteiger charge is 2.67. The van der Waals surface area contributed by atoms with Gasteiger partial charge in [-0.05, 0) is 75.9 Å². The van der Waals surface area contributed by atoms with Crippen LogP contribution in [0.1, 0.15) is 0 Å². The Bertz CT molecular complexity index is 1420. The van der Waals surface area contributed by atoms with Gasteiger partial charge in [-0.25, -0.2) is 16.8 Å². The van der Waals surface area contributed by atoms with Gasteiger partial charge in [-0.1, -0.05) is 33.4 Å². The molecule has 0 heterocycles. The van der Waals surface area contributed by atoms with Crippen LogP contribution in [0.5, 0.6) is 5.75 Å². The predicted molar refractivity (Wildman–Crippen MR) is 130 cm³/mol. The van der Waals surface area contributed by atoms with Crippen LogP contribution < -0.4 is 4.74 Å². The predicted octanol–water partition coefficient (Wildman–Crippen LogP) is 7.20. The van der Waals surface area contributed by atoms with Gasteiger partial charge >= 0.3 is 31.1 Å². The highest BCUT2D eigenvalue weighted by molar-refractivity contribution is 8.41. The molecule has 0 bridgehead atoms. The number of halogens is 8. The normalized spacial score (nSPS) is 13.9. The summed E-state index contributed by atoms with van der Waals surface area (Å²) in [5.74, 6) is 0.0955. The fourth-order valence-corrected chi connectivity index (χ4v) is 12.8. The van der Waals surface area contributed by atoms with Crippen LogP contribution in [-0.2, 0) is 20.0 Å². The second kappa shape index (κ2) is 10.4. The van der Waals surface area contributed by atoms with Crippen LogP contribution in [-0.4, -0.2) is 38.1 Å². The summed E-state index contributed by atoms with van der Waals surface area (Å²) in [6.45, 7) is 0. The van der Waals surface area contributed by atoms with Gasteiger partial charge in [-0.3, -0.25) is 0 Å². The van der Waals surface area contributed by atoms with E-state index in [1.165, 1.54) is 7.11 Å². The average Bonchev–Trinajstić information content (AvgIpc) is 2.82. The van der Waals surface area contributed by atoms with E-state index >= 15 is 0 Å². The Morgan fingerprint density at radius 3 is 1.16 bits per heavy atom. The van der Waals surface area contributed by atoms with E-state index in [1.54, 1.807) is 0 Å². The van der Waals surface area contributed by atoms with Crippen molar-refractivity contribution in [3.05, 3.63) is 82.8 Å². The molecule has 0 saturated carbocycles. The quantitative estimate of drug-likeness (QED) is 0.255. The number of alkyl halides is 6. The van der Waals surface area contributed by atoms with Crippen LogP contribution in [0.3, 0.4) is 0 Å². The lowest BCUT2D eigenvalue weighted by atomic mass is 10.3. The van der Waals surface area contributed by atoms with Crippen LogP contribution >= 0.6 is 33.4 Å². The first-order valence-corrected chi connectivity index (χ1v) is 15.0. The minimum atomic E-state index is -7.25. The van der Waals surface area contributed by atoms with E-state index in [4.69, 9.17) is 27.9 Å². The lowest BCUT2D eigenvalue weighted by Crippen LogP contribution is -2.50. The Balaban J connectivity index is 2.72. The monoisotopic (exact) mass is 641 g/mol.